The molecule has 0 bridgehead atoms. The number of rotatable bonds is 6. The molecule has 22 heavy (non-hydrogen) atoms. The summed E-state index contributed by atoms with van der Waals surface area (Å²) in [7, 11) is -3.64. The molecule has 0 atom stereocenters. The van der Waals surface area contributed by atoms with Gasteiger partial charge in [0.1, 0.15) is 0 Å². The van der Waals surface area contributed by atoms with Crippen LogP contribution in [0.1, 0.15) is 22.8 Å². The Kier molecular flexibility index (Phi) is 5.24. The van der Waals surface area contributed by atoms with Crippen LogP contribution in [-0.2, 0) is 21.3 Å². The summed E-state index contributed by atoms with van der Waals surface area (Å²) in [5.41, 5.74) is 1.07. The molecule has 0 aliphatic heterocycles. The number of benzene rings is 1. The maximum absolute atomic E-state index is 12.2. The third kappa shape index (κ3) is 4.12. The molecular formula is C15H16N2O4S. The van der Waals surface area contributed by atoms with Crippen molar-refractivity contribution in [2.75, 3.05) is 6.61 Å². The number of hydrogen-bond acceptors (Lipinski definition) is 5. The molecule has 1 heterocycles. The van der Waals surface area contributed by atoms with Crippen molar-refractivity contribution in [3.05, 3.63) is 59.9 Å². The minimum atomic E-state index is -3.64. The molecule has 1 aromatic carbocycles. The van der Waals surface area contributed by atoms with Gasteiger partial charge in [-0.1, -0.05) is 6.07 Å². The third-order valence-corrected chi connectivity index (χ3v) is 4.28. The first-order valence-corrected chi connectivity index (χ1v) is 8.17. The van der Waals surface area contributed by atoms with E-state index >= 15 is 0 Å². The zero-order valence-corrected chi connectivity index (χ0v) is 12.8. The number of sulfonamides is 1. The molecule has 7 heteroatoms. The van der Waals surface area contributed by atoms with Gasteiger partial charge < -0.3 is 4.74 Å². The van der Waals surface area contributed by atoms with Gasteiger partial charge in [-0.15, -0.1) is 0 Å². The van der Waals surface area contributed by atoms with Gasteiger partial charge in [0.2, 0.25) is 10.0 Å². The zero-order valence-electron chi connectivity index (χ0n) is 12.0. The highest BCUT2D eigenvalue weighted by atomic mass is 32.2. The largest absolute Gasteiger partial charge is 0.462 e. The van der Waals surface area contributed by atoms with Crippen LogP contribution in [0.2, 0.25) is 0 Å². The molecule has 2 rings (SSSR count). The van der Waals surface area contributed by atoms with E-state index in [2.05, 4.69) is 9.71 Å². The molecule has 0 radical (unpaired) electrons. The summed E-state index contributed by atoms with van der Waals surface area (Å²) in [6, 6.07) is 9.11. The van der Waals surface area contributed by atoms with Gasteiger partial charge in [0, 0.05) is 18.9 Å². The van der Waals surface area contributed by atoms with Crippen LogP contribution in [0, 0.1) is 0 Å². The van der Waals surface area contributed by atoms with Crippen molar-refractivity contribution >= 4 is 16.0 Å². The quantitative estimate of drug-likeness (QED) is 0.819. The zero-order chi connectivity index (χ0) is 16.0. The number of pyridine rings is 1. The molecule has 0 amide bonds. The van der Waals surface area contributed by atoms with Gasteiger partial charge in [0.05, 0.1) is 17.1 Å². The molecule has 0 aliphatic carbocycles. The van der Waals surface area contributed by atoms with Gasteiger partial charge in [0.15, 0.2) is 0 Å². The van der Waals surface area contributed by atoms with Gasteiger partial charge in [-0.05, 0) is 42.8 Å². The van der Waals surface area contributed by atoms with E-state index < -0.39 is 16.0 Å². The SMILES string of the molecule is CCOC(=O)c1ccc(S(=O)(=O)NCc2cccnc2)cc1. The standard InChI is InChI=1S/C15H16N2O4S/c1-2-21-15(18)13-5-7-14(8-6-13)22(19,20)17-11-12-4-3-9-16-10-12/h3-10,17H,2,11H2,1H3. The van der Waals surface area contributed by atoms with Crippen LogP contribution >= 0.6 is 0 Å². The molecule has 0 spiro atoms. The summed E-state index contributed by atoms with van der Waals surface area (Å²) < 4.78 is 31.7. The molecule has 0 saturated heterocycles. The number of ether oxygens (including phenoxy) is 1. The summed E-state index contributed by atoms with van der Waals surface area (Å²) in [5.74, 6) is -0.477. The Balaban J connectivity index is 2.08. The second kappa shape index (κ2) is 7.15. The van der Waals surface area contributed by atoms with Crippen molar-refractivity contribution in [3.63, 3.8) is 0 Å². The minimum Gasteiger partial charge on any atom is -0.462 e. The number of hydrogen-bond donors (Lipinski definition) is 1. The average Bonchev–Trinajstić information content (AvgIpc) is 2.54. The van der Waals surface area contributed by atoms with Crippen molar-refractivity contribution in [1.29, 1.82) is 0 Å². The van der Waals surface area contributed by atoms with E-state index in [9.17, 15) is 13.2 Å². The van der Waals surface area contributed by atoms with Crippen LogP contribution in [0.5, 0.6) is 0 Å². The van der Waals surface area contributed by atoms with E-state index in [-0.39, 0.29) is 18.0 Å². The van der Waals surface area contributed by atoms with Gasteiger partial charge in [0.25, 0.3) is 0 Å². The Hall–Kier alpha value is -2.25. The van der Waals surface area contributed by atoms with Crippen molar-refractivity contribution in [3.8, 4) is 0 Å². The van der Waals surface area contributed by atoms with Crippen LogP contribution in [-0.4, -0.2) is 26.0 Å². The molecule has 2 aromatic rings. The second-order valence-electron chi connectivity index (χ2n) is 4.43. The minimum absolute atomic E-state index is 0.0874. The highest BCUT2D eigenvalue weighted by Crippen LogP contribution is 2.12. The second-order valence-corrected chi connectivity index (χ2v) is 6.20. The summed E-state index contributed by atoms with van der Waals surface area (Å²) in [6.45, 7) is 2.13. The van der Waals surface area contributed by atoms with Crippen LogP contribution in [0.25, 0.3) is 0 Å². The predicted molar refractivity (Wildman–Crippen MR) is 80.7 cm³/mol. The first-order valence-electron chi connectivity index (χ1n) is 6.68. The Bertz CT molecular complexity index is 728. The molecule has 6 nitrogen and oxygen atoms in total. The Morgan fingerprint density at radius 3 is 2.55 bits per heavy atom. The Morgan fingerprint density at radius 2 is 1.95 bits per heavy atom. The van der Waals surface area contributed by atoms with Gasteiger partial charge in [-0.2, -0.15) is 0 Å². The molecule has 0 unspecified atom stereocenters. The highest BCUT2D eigenvalue weighted by Gasteiger charge is 2.15. The maximum atomic E-state index is 12.2. The van der Waals surface area contributed by atoms with Crippen LogP contribution in [0.4, 0.5) is 0 Å². The number of nitrogens with one attached hydrogen (secondary N) is 1. The van der Waals surface area contributed by atoms with Crippen molar-refractivity contribution in [2.24, 2.45) is 0 Å². The van der Waals surface area contributed by atoms with Crippen molar-refractivity contribution in [2.45, 2.75) is 18.4 Å². The fourth-order valence-corrected chi connectivity index (χ4v) is 2.77. The molecule has 1 N–H and O–H groups in total. The predicted octanol–water partition coefficient (Wildman–Crippen LogP) is 1.74. The number of esters is 1. The molecule has 0 aliphatic rings. The maximum Gasteiger partial charge on any atom is 0.338 e. The monoisotopic (exact) mass is 320 g/mol. The van der Waals surface area contributed by atoms with E-state index in [0.29, 0.717) is 5.56 Å². The van der Waals surface area contributed by atoms with E-state index in [1.165, 1.54) is 24.3 Å². The fourth-order valence-electron chi connectivity index (χ4n) is 1.75. The molecule has 0 saturated carbocycles. The van der Waals surface area contributed by atoms with Crippen LogP contribution in [0.15, 0.2) is 53.7 Å². The summed E-state index contributed by atoms with van der Waals surface area (Å²) in [6.07, 6.45) is 3.21. The highest BCUT2D eigenvalue weighted by molar-refractivity contribution is 7.89. The molecular weight excluding hydrogens is 304 g/mol. The lowest BCUT2D eigenvalue weighted by Crippen LogP contribution is -2.23. The first kappa shape index (κ1) is 16.1. The Labute approximate surface area is 129 Å². The number of carbonyl (C=O) groups excluding carboxylic acids is 1. The molecule has 116 valence electrons. The Morgan fingerprint density at radius 1 is 1.23 bits per heavy atom. The van der Waals surface area contributed by atoms with Gasteiger partial charge in [-0.25, -0.2) is 17.9 Å². The topological polar surface area (TPSA) is 85.4 Å². The average molecular weight is 320 g/mol. The normalized spacial score (nSPS) is 11.1. The van der Waals surface area contributed by atoms with E-state index in [1.807, 2.05) is 0 Å². The van der Waals surface area contributed by atoms with Crippen molar-refractivity contribution < 1.29 is 17.9 Å². The first-order chi connectivity index (χ1) is 10.5. The number of nitrogens with zero attached hydrogens (tertiary/aromatic N) is 1. The molecule has 1 aromatic heterocycles. The van der Waals surface area contributed by atoms with Crippen molar-refractivity contribution in [1.82, 2.24) is 9.71 Å². The van der Waals surface area contributed by atoms with E-state index in [0.717, 1.165) is 5.56 Å². The lowest BCUT2D eigenvalue weighted by Gasteiger charge is -2.07. The fraction of sp³-hybridized carbons (Fsp3) is 0.200. The number of carbonyl (C=O) groups is 1. The van der Waals surface area contributed by atoms with Crippen LogP contribution in [0.3, 0.4) is 0 Å². The van der Waals surface area contributed by atoms with Gasteiger partial charge in [-0.3, -0.25) is 4.98 Å². The van der Waals surface area contributed by atoms with E-state index in [4.69, 9.17) is 4.74 Å². The third-order valence-electron chi connectivity index (χ3n) is 2.86. The summed E-state index contributed by atoms with van der Waals surface area (Å²) in [5, 5.41) is 0. The smallest absolute Gasteiger partial charge is 0.338 e. The number of aromatic nitrogens is 1. The van der Waals surface area contributed by atoms with E-state index in [1.54, 1.807) is 31.5 Å². The summed E-state index contributed by atoms with van der Waals surface area (Å²) in [4.78, 5) is 15.5. The van der Waals surface area contributed by atoms with Crippen LogP contribution < -0.4 is 4.72 Å². The van der Waals surface area contributed by atoms with Gasteiger partial charge >= 0.3 is 5.97 Å². The lowest BCUT2D eigenvalue weighted by molar-refractivity contribution is 0.0526. The molecule has 0 fully saturated rings. The summed E-state index contributed by atoms with van der Waals surface area (Å²) >= 11 is 0. The lowest BCUT2D eigenvalue weighted by atomic mass is 10.2.